The molecule has 1 aliphatic heterocycles. The Morgan fingerprint density at radius 3 is 2.88 bits per heavy atom. The zero-order valence-electron chi connectivity index (χ0n) is 4.97. The van der Waals surface area contributed by atoms with Gasteiger partial charge in [0.05, 0.1) is 6.54 Å². The van der Waals surface area contributed by atoms with Gasteiger partial charge >= 0.3 is 0 Å². The molecule has 8 heavy (non-hydrogen) atoms. The molecule has 0 radical (unpaired) electrons. The van der Waals surface area contributed by atoms with Crippen molar-refractivity contribution >= 4 is 22.1 Å². The van der Waals surface area contributed by atoms with Crippen LogP contribution in [0.1, 0.15) is 13.3 Å². The van der Waals surface area contributed by atoms with E-state index in [9.17, 15) is 0 Å². The van der Waals surface area contributed by atoms with E-state index in [1.807, 2.05) is 6.21 Å². The van der Waals surface area contributed by atoms with Crippen LogP contribution in [0.4, 0.5) is 0 Å². The van der Waals surface area contributed by atoms with Gasteiger partial charge in [-0.1, -0.05) is 22.9 Å². The second-order valence-electron chi connectivity index (χ2n) is 2.28. The summed E-state index contributed by atoms with van der Waals surface area (Å²) in [4.78, 5) is 4.75. The molecule has 0 spiro atoms. The van der Waals surface area contributed by atoms with E-state index in [-0.39, 0.29) is 0 Å². The Balaban J connectivity index is 2.44. The van der Waals surface area contributed by atoms with Crippen LogP contribution < -0.4 is 0 Å². The van der Waals surface area contributed by atoms with Gasteiger partial charge in [-0.2, -0.15) is 0 Å². The maximum atomic E-state index is 4.14. The van der Waals surface area contributed by atoms with Crippen molar-refractivity contribution < 1.29 is 0 Å². The molecule has 0 saturated carbocycles. The lowest BCUT2D eigenvalue weighted by Crippen LogP contribution is -2.18. The fraction of sp³-hybridized carbons (Fsp3) is 0.833. The van der Waals surface area contributed by atoms with Crippen LogP contribution in [0.25, 0.3) is 0 Å². The largest absolute Gasteiger partial charge is 0.296 e. The molecular formula is C6H10BrN. The van der Waals surface area contributed by atoms with Crippen LogP contribution in [0.2, 0.25) is 0 Å². The monoisotopic (exact) mass is 175 g/mol. The standard InChI is InChI=1S/C6H10BrN/c1-5-2-3-8-4-6(5)7/h3,5-6H,2,4H2,1H3/t5?,6-/m0/s1. The van der Waals surface area contributed by atoms with Gasteiger partial charge in [-0.05, 0) is 18.6 Å². The Bertz CT molecular complexity index is 88.7. The molecule has 2 atom stereocenters. The SMILES string of the molecule is CC1CC=NC[C@@H]1Br. The summed E-state index contributed by atoms with van der Waals surface area (Å²) >= 11 is 3.54. The van der Waals surface area contributed by atoms with Gasteiger partial charge in [0.25, 0.3) is 0 Å². The molecule has 0 aromatic rings. The minimum Gasteiger partial charge on any atom is -0.296 e. The lowest BCUT2D eigenvalue weighted by Gasteiger charge is -2.17. The van der Waals surface area contributed by atoms with Crippen LogP contribution in [-0.4, -0.2) is 17.6 Å². The molecule has 1 heterocycles. The van der Waals surface area contributed by atoms with Gasteiger partial charge in [0.2, 0.25) is 0 Å². The fourth-order valence-electron chi connectivity index (χ4n) is 0.744. The van der Waals surface area contributed by atoms with Crippen molar-refractivity contribution in [2.24, 2.45) is 10.9 Å². The molecule has 0 aliphatic carbocycles. The zero-order valence-corrected chi connectivity index (χ0v) is 6.56. The van der Waals surface area contributed by atoms with Crippen molar-refractivity contribution in [2.75, 3.05) is 6.54 Å². The average molecular weight is 176 g/mol. The van der Waals surface area contributed by atoms with E-state index < -0.39 is 0 Å². The predicted octanol–water partition coefficient (Wildman–Crippen LogP) is 1.86. The topological polar surface area (TPSA) is 12.4 Å². The normalized spacial score (nSPS) is 37.8. The summed E-state index contributed by atoms with van der Waals surface area (Å²) in [6, 6.07) is 0. The van der Waals surface area contributed by atoms with Crippen molar-refractivity contribution in [1.29, 1.82) is 0 Å². The minimum atomic E-state index is 0.618. The Morgan fingerprint density at radius 1 is 1.75 bits per heavy atom. The average Bonchev–Trinajstić information content (AvgIpc) is 1.77. The molecule has 0 fully saturated rings. The highest BCUT2D eigenvalue weighted by Gasteiger charge is 2.14. The molecule has 0 saturated heterocycles. The molecule has 0 amide bonds. The van der Waals surface area contributed by atoms with Crippen LogP contribution in [-0.2, 0) is 0 Å². The van der Waals surface area contributed by atoms with Gasteiger partial charge < -0.3 is 0 Å². The molecule has 1 nitrogen and oxygen atoms in total. The molecular weight excluding hydrogens is 166 g/mol. The van der Waals surface area contributed by atoms with Crippen LogP contribution in [0.5, 0.6) is 0 Å². The molecule has 0 aromatic carbocycles. The summed E-state index contributed by atoms with van der Waals surface area (Å²) in [7, 11) is 0. The summed E-state index contributed by atoms with van der Waals surface area (Å²) in [5, 5.41) is 0. The van der Waals surface area contributed by atoms with Gasteiger partial charge in [0.15, 0.2) is 0 Å². The first kappa shape index (κ1) is 6.27. The van der Waals surface area contributed by atoms with E-state index in [0.29, 0.717) is 4.83 Å². The van der Waals surface area contributed by atoms with Crippen LogP contribution >= 0.6 is 15.9 Å². The second kappa shape index (κ2) is 2.62. The van der Waals surface area contributed by atoms with E-state index in [4.69, 9.17) is 0 Å². The van der Waals surface area contributed by atoms with Crippen LogP contribution in [0, 0.1) is 5.92 Å². The lowest BCUT2D eigenvalue weighted by atomic mass is 10.0. The number of rotatable bonds is 0. The van der Waals surface area contributed by atoms with E-state index >= 15 is 0 Å². The Morgan fingerprint density at radius 2 is 2.50 bits per heavy atom. The summed E-state index contributed by atoms with van der Waals surface area (Å²) < 4.78 is 0. The molecule has 46 valence electrons. The number of hydrogen-bond acceptors (Lipinski definition) is 1. The maximum absolute atomic E-state index is 4.14. The smallest absolute Gasteiger partial charge is 0.0513 e. The predicted molar refractivity (Wildman–Crippen MR) is 39.9 cm³/mol. The highest BCUT2D eigenvalue weighted by molar-refractivity contribution is 9.09. The van der Waals surface area contributed by atoms with Crippen LogP contribution in [0.3, 0.4) is 0 Å². The van der Waals surface area contributed by atoms with Crippen molar-refractivity contribution in [3.63, 3.8) is 0 Å². The number of nitrogens with zero attached hydrogens (tertiary/aromatic N) is 1. The number of hydrogen-bond donors (Lipinski definition) is 0. The summed E-state index contributed by atoms with van der Waals surface area (Å²) in [6.45, 7) is 3.20. The minimum absolute atomic E-state index is 0.618. The highest BCUT2D eigenvalue weighted by Crippen LogP contribution is 2.18. The fourth-order valence-corrected chi connectivity index (χ4v) is 1.13. The lowest BCUT2D eigenvalue weighted by molar-refractivity contribution is 0.571. The van der Waals surface area contributed by atoms with Crippen molar-refractivity contribution in [2.45, 2.75) is 18.2 Å². The third-order valence-electron chi connectivity index (χ3n) is 1.50. The number of halogens is 1. The van der Waals surface area contributed by atoms with Gasteiger partial charge in [-0.25, -0.2) is 0 Å². The first-order valence-corrected chi connectivity index (χ1v) is 3.84. The van der Waals surface area contributed by atoms with Crippen molar-refractivity contribution in [1.82, 2.24) is 0 Å². The van der Waals surface area contributed by atoms with Crippen molar-refractivity contribution in [3.8, 4) is 0 Å². The Hall–Kier alpha value is 0.150. The molecule has 0 N–H and O–H groups in total. The maximum Gasteiger partial charge on any atom is 0.0513 e. The third-order valence-corrected chi connectivity index (χ3v) is 2.70. The first-order chi connectivity index (χ1) is 3.80. The summed E-state index contributed by atoms with van der Waals surface area (Å²) in [6.07, 6.45) is 3.15. The number of aliphatic imine (C=N–C) groups is 1. The van der Waals surface area contributed by atoms with Gasteiger partial charge in [0, 0.05) is 4.83 Å². The van der Waals surface area contributed by atoms with E-state index in [1.54, 1.807) is 0 Å². The molecule has 0 bridgehead atoms. The van der Waals surface area contributed by atoms with Crippen molar-refractivity contribution in [3.05, 3.63) is 0 Å². The van der Waals surface area contributed by atoms with Gasteiger partial charge in [0.1, 0.15) is 0 Å². The second-order valence-corrected chi connectivity index (χ2v) is 3.45. The molecule has 1 rings (SSSR count). The van der Waals surface area contributed by atoms with E-state index in [2.05, 4.69) is 27.8 Å². The zero-order chi connectivity index (χ0) is 5.98. The number of alkyl halides is 1. The molecule has 1 unspecified atom stereocenters. The molecule has 1 aliphatic rings. The van der Waals surface area contributed by atoms with E-state index in [0.717, 1.165) is 18.9 Å². The highest BCUT2D eigenvalue weighted by atomic mass is 79.9. The Labute approximate surface area is 58.3 Å². The third kappa shape index (κ3) is 1.31. The van der Waals surface area contributed by atoms with Gasteiger partial charge in [-0.3, -0.25) is 4.99 Å². The van der Waals surface area contributed by atoms with Crippen LogP contribution in [0.15, 0.2) is 4.99 Å². The molecule has 0 aromatic heterocycles. The summed E-state index contributed by atoms with van der Waals surface area (Å²) in [5.74, 6) is 0.771. The van der Waals surface area contributed by atoms with Gasteiger partial charge in [-0.15, -0.1) is 0 Å². The molecule has 2 heteroatoms. The summed E-state index contributed by atoms with van der Waals surface area (Å²) in [5.41, 5.74) is 0. The quantitative estimate of drug-likeness (QED) is 0.499. The van der Waals surface area contributed by atoms with E-state index in [1.165, 1.54) is 0 Å². The first-order valence-electron chi connectivity index (χ1n) is 2.93. The Kier molecular flexibility index (Phi) is 2.06.